The van der Waals surface area contributed by atoms with Gasteiger partial charge in [0.15, 0.2) is 17.3 Å². The molecule has 5 aromatic rings. The van der Waals surface area contributed by atoms with Crippen molar-refractivity contribution in [3.8, 4) is 33.6 Å². The summed E-state index contributed by atoms with van der Waals surface area (Å²) in [5, 5.41) is 4.69. The Hall–Kier alpha value is -4.61. The molecule has 1 N–H and O–H groups in total. The van der Waals surface area contributed by atoms with Crippen LogP contribution in [0.3, 0.4) is 0 Å². The first kappa shape index (κ1) is 29.8. The highest BCUT2D eigenvalue weighted by molar-refractivity contribution is 9.10. The number of rotatable bonds is 7. The van der Waals surface area contributed by atoms with Crippen LogP contribution in [0.25, 0.3) is 20.8 Å². The van der Waals surface area contributed by atoms with Crippen LogP contribution in [0, 0.1) is 11.8 Å². The number of esters is 1. The second-order valence-electron chi connectivity index (χ2n) is 11.8. The van der Waals surface area contributed by atoms with Gasteiger partial charge in [0.05, 0.1) is 43.0 Å². The number of anilines is 1. The molecule has 0 saturated carbocycles. The fourth-order valence-corrected chi connectivity index (χ4v) is 8.59. The van der Waals surface area contributed by atoms with Gasteiger partial charge in [0, 0.05) is 27.6 Å². The van der Waals surface area contributed by atoms with Crippen molar-refractivity contribution in [2.75, 3.05) is 32.9 Å². The molecule has 2 aliphatic heterocycles. The second kappa shape index (κ2) is 11.6. The van der Waals surface area contributed by atoms with E-state index in [-0.39, 0.29) is 37.1 Å². The Kier molecular flexibility index (Phi) is 7.33. The summed E-state index contributed by atoms with van der Waals surface area (Å²) in [7, 11) is 3.04. The van der Waals surface area contributed by atoms with E-state index in [1.165, 1.54) is 21.1 Å². The van der Waals surface area contributed by atoms with E-state index in [9.17, 15) is 9.59 Å². The summed E-state index contributed by atoms with van der Waals surface area (Å²) in [6, 6.07) is 21.6. The summed E-state index contributed by atoms with van der Waals surface area (Å²) < 4.78 is 30.8. The number of aromatic nitrogens is 1. The van der Waals surface area contributed by atoms with Crippen molar-refractivity contribution in [3.05, 3.63) is 93.5 Å². The highest BCUT2D eigenvalue weighted by Crippen LogP contribution is 2.56. The van der Waals surface area contributed by atoms with E-state index in [1.54, 1.807) is 11.3 Å². The molecule has 8 rings (SSSR count). The molecule has 1 saturated heterocycles. The number of fused-ring (bicyclic) bond motifs is 4. The van der Waals surface area contributed by atoms with Crippen LogP contribution in [-0.2, 0) is 9.53 Å². The van der Waals surface area contributed by atoms with Crippen LogP contribution >= 0.6 is 27.3 Å². The average Bonchev–Trinajstić information content (AvgIpc) is 3.82. The first-order valence-electron chi connectivity index (χ1n) is 15.1. The summed E-state index contributed by atoms with van der Waals surface area (Å²) >= 11 is 5.46. The van der Waals surface area contributed by atoms with E-state index in [4.69, 9.17) is 28.7 Å². The van der Waals surface area contributed by atoms with Crippen LogP contribution in [0.4, 0.5) is 5.69 Å². The third-order valence-corrected chi connectivity index (χ3v) is 11.0. The van der Waals surface area contributed by atoms with Crippen molar-refractivity contribution in [1.29, 1.82) is 0 Å². The maximum atomic E-state index is 13.6. The number of thiazole rings is 1. The standard InChI is InChI=1S/C36H29BrN2O7S/c1-17(40)31-28(42-2)11-19(12-29(31)43-3)32-20-13-26-27(46-16-45-26)14-21(20)34(22-15-44-36(41)33(22)32)38-24-9-8-18(10-23(24)37)35-39-25-6-4-5-7-30(25)47-35/h4-14,22,32-34,38H,15-16H2,1-3H3/t22-,32+,33-,34+/m0/s1. The van der Waals surface area contributed by atoms with Crippen molar-refractivity contribution in [2.45, 2.75) is 18.9 Å². The summed E-state index contributed by atoms with van der Waals surface area (Å²) in [5.41, 5.74) is 5.84. The number of para-hydroxylation sites is 1. The highest BCUT2D eigenvalue weighted by Gasteiger charge is 2.53. The molecule has 9 nitrogen and oxygen atoms in total. The van der Waals surface area contributed by atoms with E-state index >= 15 is 0 Å². The van der Waals surface area contributed by atoms with Crippen LogP contribution < -0.4 is 24.3 Å². The SMILES string of the molecule is COc1cc([C@@H]2c3cc4c(cc3[C@@H](Nc3ccc(-c5nc6ccccc6s5)cc3Br)[C@H]3COC(=O)[C@H]23)OCO4)cc(OC)c1C(C)=O. The predicted molar refractivity (Wildman–Crippen MR) is 181 cm³/mol. The third-order valence-electron chi connectivity index (χ3n) is 9.25. The molecule has 1 aromatic heterocycles. The number of methoxy groups -OCH3 is 2. The molecule has 4 aromatic carbocycles. The molecule has 4 atom stereocenters. The number of nitrogens with zero attached hydrogens (tertiary/aromatic N) is 1. The molecule has 0 spiro atoms. The smallest absolute Gasteiger partial charge is 0.310 e. The van der Waals surface area contributed by atoms with Gasteiger partial charge in [-0.2, -0.15) is 0 Å². The van der Waals surface area contributed by atoms with Gasteiger partial charge in [0.1, 0.15) is 22.1 Å². The maximum Gasteiger partial charge on any atom is 0.310 e. The lowest BCUT2D eigenvalue weighted by Crippen LogP contribution is -2.37. The highest BCUT2D eigenvalue weighted by atomic mass is 79.9. The summed E-state index contributed by atoms with van der Waals surface area (Å²) in [6.45, 7) is 1.83. The van der Waals surface area contributed by atoms with Gasteiger partial charge in [0.2, 0.25) is 6.79 Å². The molecule has 0 unspecified atom stereocenters. The minimum absolute atomic E-state index is 0.115. The van der Waals surface area contributed by atoms with Gasteiger partial charge in [0.25, 0.3) is 0 Å². The summed E-state index contributed by atoms with van der Waals surface area (Å²) in [4.78, 5) is 31.0. The molecule has 3 aliphatic rings. The van der Waals surface area contributed by atoms with Crippen molar-refractivity contribution in [1.82, 2.24) is 4.98 Å². The van der Waals surface area contributed by atoms with Crippen molar-refractivity contribution >= 4 is 54.9 Å². The van der Waals surface area contributed by atoms with Gasteiger partial charge in [-0.25, -0.2) is 4.98 Å². The van der Waals surface area contributed by atoms with E-state index in [2.05, 4.69) is 39.4 Å². The number of hydrogen-bond donors (Lipinski definition) is 1. The summed E-state index contributed by atoms with van der Waals surface area (Å²) in [6.07, 6.45) is 0. The number of nitrogens with one attached hydrogen (secondary N) is 1. The lowest BCUT2D eigenvalue weighted by Gasteiger charge is -2.40. The second-order valence-corrected chi connectivity index (χ2v) is 13.7. The summed E-state index contributed by atoms with van der Waals surface area (Å²) in [5.74, 6) is 0.381. The van der Waals surface area contributed by atoms with Crippen LogP contribution in [-0.4, -0.2) is 44.4 Å². The van der Waals surface area contributed by atoms with Crippen molar-refractivity contribution in [3.63, 3.8) is 0 Å². The molecule has 1 fully saturated rings. The van der Waals surface area contributed by atoms with Crippen molar-refractivity contribution < 1.29 is 33.3 Å². The predicted octanol–water partition coefficient (Wildman–Crippen LogP) is 7.76. The number of hydrogen-bond acceptors (Lipinski definition) is 10. The Labute approximate surface area is 282 Å². The van der Waals surface area contributed by atoms with Gasteiger partial charge in [-0.3, -0.25) is 9.59 Å². The molecule has 1 aliphatic carbocycles. The fourth-order valence-electron chi connectivity index (χ4n) is 7.13. The lowest BCUT2D eigenvalue weighted by molar-refractivity contribution is -0.141. The van der Waals surface area contributed by atoms with Crippen LogP contribution in [0.1, 0.15) is 45.9 Å². The Morgan fingerprint density at radius 3 is 2.36 bits per heavy atom. The largest absolute Gasteiger partial charge is 0.496 e. The monoisotopic (exact) mass is 712 g/mol. The Bertz CT molecular complexity index is 2040. The van der Waals surface area contributed by atoms with Crippen LogP contribution in [0.5, 0.6) is 23.0 Å². The van der Waals surface area contributed by atoms with E-state index in [0.29, 0.717) is 28.6 Å². The maximum absolute atomic E-state index is 13.6. The number of Topliss-reactive ketones (excluding diaryl/α,β-unsaturated/α-hetero) is 1. The van der Waals surface area contributed by atoms with E-state index < -0.39 is 11.8 Å². The molecular formula is C36H29BrN2O7S. The lowest BCUT2D eigenvalue weighted by atomic mass is 9.65. The van der Waals surface area contributed by atoms with Crippen LogP contribution in [0.2, 0.25) is 0 Å². The minimum atomic E-state index is -0.529. The number of carbonyl (C=O) groups is 2. The Morgan fingerprint density at radius 2 is 1.68 bits per heavy atom. The number of ether oxygens (including phenoxy) is 5. The Balaban J connectivity index is 1.23. The minimum Gasteiger partial charge on any atom is -0.496 e. The first-order valence-corrected chi connectivity index (χ1v) is 16.7. The fraction of sp³-hybridized carbons (Fsp3) is 0.250. The normalized spacial score (nSPS) is 20.8. The average molecular weight is 714 g/mol. The quantitative estimate of drug-likeness (QED) is 0.134. The molecule has 0 radical (unpaired) electrons. The number of ketones is 1. The van der Waals surface area contributed by atoms with Gasteiger partial charge in [-0.1, -0.05) is 12.1 Å². The zero-order chi connectivity index (χ0) is 32.4. The molecule has 47 heavy (non-hydrogen) atoms. The number of carbonyl (C=O) groups excluding carboxylic acids is 2. The van der Waals surface area contributed by atoms with Gasteiger partial charge < -0.3 is 29.0 Å². The van der Waals surface area contributed by atoms with Crippen LogP contribution in [0.15, 0.2) is 71.2 Å². The molecular weight excluding hydrogens is 684 g/mol. The molecule has 0 amide bonds. The van der Waals surface area contributed by atoms with E-state index in [0.717, 1.165) is 47.6 Å². The Morgan fingerprint density at radius 1 is 0.957 bits per heavy atom. The third kappa shape index (κ3) is 4.91. The zero-order valence-corrected chi connectivity index (χ0v) is 28.1. The molecule has 0 bridgehead atoms. The number of cyclic esters (lactones) is 1. The first-order chi connectivity index (χ1) is 22.8. The van der Waals surface area contributed by atoms with Gasteiger partial charge >= 0.3 is 5.97 Å². The molecule has 3 heterocycles. The molecule has 11 heteroatoms. The number of benzene rings is 4. The zero-order valence-electron chi connectivity index (χ0n) is 25.7. The van der Waals surface area contributed by atoms with Crippen molar-refractivity contribution in [2.24, 2.45) is 11.8 Å². The topological polar surface area (TPSA) is 105 Å². The number of halogens is 1. The molecule has 238 valence electrons. The van der Waals surface area contributed by atoms with Gasteiger partial charge in [-0.15, -0.1) is 11.3 Å². The van der Waals surface area contributed by atoms with E-state index in [1.807, 2.05) is 48.5 Å². The van der Waals surface area contributed by atoms with Gasteiger partial charge in [-0.05, 0) is 94.1 Å².